The fraction of sp³-hybridized carbons (Fsp3) is 0.778. The van der Waals surface area contributed by atoms with Gasteiger partial charge < -0.3 is 4.74 Å². The van der Waals surface area contributed by atoms with E-state index in [0.717, 1.165) is 0 Å². The predicted octanol–water partition coefficient (Wildman–Crippen LogP) is 1.44. The first-order valence-corrected chi connectivity index (χ1v) is 5.40. The van der Waals surface area contributed by atoms with Gasteiger partial charge in [-0.2, -0.15) is 0 Å². The van der Waals surface area contributed by atoms with Crippen molar-refractivity contribution in [1.29, 1.82) is 0 Å². The van der Waals surface area contributed by atoms with Crippen molar-refractivity contribution in [3.8, 4) is 0 Å². The maximum Gasteiger partial charge on any atom is 0.383 e. The van der Waals surface area contributed by atoms with E-state index in [4.69, 9.17) is 0 Å². The molecule has 0 bridgehead atoms. The third-order valence-corrected chi connectivity index (χ3v) is 3.13. The standard InChI is InChI=1S/C9H15BrO5/c1-5(2)7(10)9(12)15-14-8(11)6(3)13-4/h5-7H,1-4H3. The van der Waals surface area contributed by atoms with Crippen LogP contribution in [0, 0.1) is 5.92 Å². The van der Waals surface area contributed by atoms with E-state index in [0.29, 0.717) is 0 Å². The van der Waals surface area contributed by atoms with Gasteiger partial charge in [0.05, 0.1) is 0 Å². The van der Waals surface area contributed by atoms with Gasteiger partial charge in [-0.05, 0) is 12.8 Å². The first kappa shape index (κ1) is 14.4. The van der Waals surface area contributed by atoms with Crippen LogP contribution >= 0.6 is 15.9 Å². The number of carbonyl (C=O) groups excluding carboxylic acids is 2. The summed E-state index contributed by atoms with van der Waals surface area (Å²) in [6.45, 7) is 5.16. The quantitative estimate of drug-likeness (QED) is 0.444. The van der Waals surface area contributed by atoms with Gasteiger partial charge in [-0.15, -0.1) is 0 Å². The van der Waals surface area contributed by atoms with E-state index in [1.165, 1.54) is 14.0 Å². The lowest BCUT2D eigenvalue weighted by atomic mass is 10.1. The minimum atomic E-state index is -0.759. The van der Waals surface area contributed by atoms with Gasteiger partial charge in [0.2, 0.25) is 0 Å². The Hall–Kier alpha value is -0.620. The fourth-order valence-electron chi connectivity index (χ4n) is 0.564. The van der Waals surface area contributed by atoms with E-state index in [-0.39, 0.29) is 5.92 Å². The number of carbonyl (C=O) groups is 2. The molecule has 0 fully saturated rings. The number of ether oxygens (including phenoxy) is 1. The Kier molecular flexibility index (Phi) is 6.51. The third kappa shape index (κ3) is 5.13. The summed E-state index contributed by atoms with van der Waals surface area (Å²) in [5.74, 6) is -1.33. The Balaban J connectivity index is 3.96. The largest absolute Gasteiger partial charge is 0.383 e. The fourth-order valence-corrected chi connectivity index (χ4v) is 0.641. The second-order valence-electron chi connectivity index (χ2n) is 3.33. The molecule has 0 aromatic carbocycles. The first-order chi connectivity index (χ1) is 6.90. The smallest absolute Gasteiger partial charge is 0.370 e. The summed E-state index contributed by atoms with van der Waals surface area (Å²) < 4.78 is 4.67. The van der Waals surface area contributed by atoms with Crippen LogP contribution in [0.3, 0.4) is 0 Å². The molecule has 0 aromatic heterocycles. The SMILES string of the molecule is COC(C)C(=O)OOC(=O)C(Br)C(C)C. The van der Waals surface area contributed by atoms with Crippen molar-refractivity contribution in [2.45, 2.75) is 31.7 Å². The summed E-state index contributed by atoms with van der Waals surface area (Å²) >= 11 is 3.11. The lowest BCUT2D eigenvalue weighted by molar-refractivity contribution is -0.264. The molecule has 0 aromatic rings. The molecule has 0 spiro atoms. The van der Waals surface area contributed by atoms with Crippen molar-refractivity contribution in [3.05, 3.63) is 0 Å². The molecule has 0 saturated heterocycles. The topological polar surface area (TPSA) is 61.8 Å². The summed E-state index contributed by atoms with van der Waals surface area (Å²) in [6.07, 6.45) is -0.759. The highest BCUT2D eigenvalue weighted by molar-refractivity contribution is 9.10. The van der Waals surface area contributed by atoms with Crippen molar-refractivity contribution >= 4 is 27.9 Å². The lowest BCUT2D eigenvalue weighted by Crippen LogP contribution is -2.28. The Morgan fingerprint density at radius 2 is 1.53 bits per heavy atom. The van der Waals surface area contributed by atoms with Crippen molar-refractivity contribution in [2.24, 2.45) is 5.92 Å². The molecule has 0 radical (unpaired) electrons. The van der Waals surface area contributed by atoms with Crippen LogP contribution in [0.5, 0.6) is 0 Å². The van der Waals surface area contributed by atoms with E-state index in [2.05, 4.69) is 30.4 Å². The van der Waals surface area contributed by atoms with Gasteiger partial charge >= 0.3 is 11.9 Å². The normalized spacial score (nSPS) is 14.5. The van der Waals surface area contributed by atoms with Crippen LogP contribution in [0.15, 0.2) is 0 Å². The van der Waals surface area contributed by atoms with Crippen LogP contribution in [-0.2, 0) is 24.1 Å². The summed E-state index contributed by atoms with van der Waals surface area (Å²) in [5, 5.41) is 0. The van der Waals surface area contributed by atoms with Gasteiger partial charge in [0.25, 0.3) is 0 Å². The number of methoxy groups -OCH3 is 1. The molecule has 0 N–H and O–H groups in total. The molecule has 88 valence electrons. The Bertz CT molecular complexity index is 229. The molecule has 5 nitrogen and oxygen atoms in total. The summed E-state index contributed by atoms with van der Waals surface area (Å²) in [7, 11) is 1.36. The van der Waals surface area contributed by atoms with Crippen molar-refractivity contribution in [2.75, 3.05) is 7.11 Å². The molecule has 6 heteroatoms. The minimum absolute atomic E-state index is 0.0519. The lowest BCUT2D eigenvalue weighted by Gasteiger charge is -2.12. The maximum absolute atomic E-state index is 11.2. The van der Waals surface area contributed by atoms with Crippen molar-refractivity contribution < 1.29 is 24.1 Å². The van der Waals surface area contributed by atoms with Gasteiger partial charge in [0.1, 0.15) is 4.83 Å². The molecule has 0 amide bonds. The monoisotopic (exact) mass is 282 g/mol. The molecule has 0 saturated carbocycles. The third-order valence-electron chi connectivity index (χ3n) is 1.70. The second-order valence-corrected chi connectivity index (χ2v) is 4.31. The zero-order chi connectivity index (χ0) is 12.0. The Labute approximate surface area is 97.1 Å². The van der Waals surface area contributed by atoms with Gasteiger partial charge in [-0.3, -0.25) is 0 Å². The second kappa shape index (κ2) is 6.79. The maximum atomic E-state index is 11.2. The Morgan fingerprint density at radius 3 is 1.93 bits per heavy atom. The minimum Gasteiger partial charge on any atom is -0.370 e. The summed E-state index contributed by atoms with van der Waals surface area (Å²) in [6, 6.07) is 0. The first-order valence-electron chi connectivity index (χ1n) is 4.49. The predicted molar refractivity (Wildman–Crippen MR) is 56.2 cm³/mol. The number of hydrogen-bond donors (Lipinski definition) is 0. The summed E-state index contributed by atoms with van der Waals surface area (Å²) in [5.41, 5.74) is 0. The molecule has 2 unspecified atom stereocenters. The number of halogens is 1. The van der Waals surface area contributed by atoms with E-state index in [1.54, 1.807) is 0 Å². The van der Waals surface area contributed by atoms with Gasteiger partial charge in [-0.25, -0.2) is 19.4 Å². The average Bonchev–Trinajstić information content (AvgIpc) is 2.22. The van der Waals surface area contributed by atoms with E-state index in [1.807, 2.05) is 13.8 Å². The van der Waals surface area contributed by atoms with Crippen LogP contribution in [0.4, 0.5) is 0 Å². The van der Waals surface area contributed by atoms with E-state index < -0.39 is 22.9 Å². The van der Waals surface area contributed by atoms with Crippen LogP contribution in [0.25, 0.3) is 0 Å². The highest BCUT2D eigenvalue weighted by atomic mass is 79.9. The number of rotatable bonds is 4. The molecule has 0 aliphatic rings. The van der Waals surface area contributed by atoms with Crippen molar-refractivity contribution in [1.82, 2.24) is 0 Å². The molecular weight excluding hydrogens is 268 g/mol. The van der Waals surface area contributed by atoms with Gasteiger partial charge in [0.15, 0.2) is 6.10 Å². The number of alkyl halides is 1. The van der Waals surface area contributed by atoms with Gasteiger partial charge in [0, 0.05) is 7.11 Å². The molecule has 2 atom stereocenters. The Morgan fingerprint density at radius 1 is 1.07 bits per heavy atom. The van der Waals surface area contributed by atoms with E-state index in [9.17, 15) is 9.59 Å². The van der Waals surface area contributed by atoms with Gasteiger partial charge in [-0.1, -0.05) is 29.8 Å². The van der Waals surface area contributed by atoms with Crippen LogP contribution in [-0.4, -0.2) is 30.0 Å². The molecule has 0 rings (SSSR count). The average molecular weight is 283 g/mol. The highest BCUT2D eigenvalue weighted by Gasteiger charge is 2.24. The van der Waals surface area contributed by atoms with Crippen LogP contribution < -0.4 is 0 Å². The molecule has 0 heterocycles. The zero-order valence-corrected chi connectivity index (χ0v) is 10.7. The molecular formula is C9H15BrO5. The van der Waals surface area contributed by atoms with Crippen LogP contribution in [0.2, 0.25) is 0 Å². The number of hydrogen-bond acceptors (Lipinski definition) is 5. The van der Waals surface area contributed by atoms with Crippen molar-refractivity contribution in [3.63, 3.8) is 0 Å². The molecule has 0 aliphatic heterocycles. The van der Waals surface area contributed by atoms with E-state index >= 15 is 0 Å². The van der Waals surface area contributed by atoms with Crippen LogP contribution in [0.1, 0.15) is 20.8 Å². The summed E-state index contributed by atoms with van der Waals surface area (Å²) in [4.78, 5) is 30.4. The molecule has 0 aliphatic carbocycles. The zero-order valence-electron chi connectivity index (χ0n) is 9.15. The molecule has 15 heavy (non-hydrogen) atoms. The highest BCUT2D eigenvalue weighted by Crippen LogP contribution is 2.13.